The molecule has 2 aromatic rings. The average molecular weight is 275 g/mol. The molecule has 0 aromatic carbocycles. The number of nitrogens with zero attached hydrogens (tertiary/aromatic N) is 4. The maximum absolute atomic E-state index is 5.40. The van der Waals surface area contributed by atoms with Crippen molar-refractivity contribution in [3.63, 3.8) is 0 Å². The van der Waals surface area contributed by atoms with Gasteiger partial charge in [0.05, 0.1) is 18.8 Å². The Morgan fingerprint density at radius 1 is 1.35 bits per heavy atom. The molecule has 1 atom stereocenters. The molecule has 2 aromatic heterocycles. The van der Waals surface area contributed by atoms with Gasteiger partial charge in [0.2, 0.25) is 0 Å². The highest BCUT2D eigenvalue weighted by atomic mass is 16.3. The monoisotopic (exact) mass is 275 g/mol. The number of furan rings is 1. The molecule has 0 aliphatic carbocycles. The molecule has 3 heterocycles. The first-order valence-electron chi connectivity index (χ1n) is 7.10. The van der Waals surface area contributed by atoms with E-state index in [1.54, 1.807) is 6.26 Å². The van der Waals surface area contributed by atoms with Gasteiger partial charge in [0.1, 0.15) is 11.6 Å². The molecule has 1 aliphatic rings. The fraction of sp³-hybridized carbons (Fsp3) is 0.571. The molecule has 1 fully saturated rings. The van der Waals surface area contributed by atoms with Crippen molar-refractivity contribution in [3.8, 4) is 0 Å². The fourth-order valence-corrected chi connectivity index (χ4v) is 2.64. The fourth-order valence-electron chi connectivity index (χ4n) is 2.64. The normalized spacial score (nSPS) is 19.3. The molecule has 108 valence electrons. The Morgan fingerprint density at radius 2 is 2.15 bits per heavy atom. The van der Waals surface area contributed by atoms with Crippen LogP contribution in [-0.2, 0) is 6.54 Å². The van der Waals surface area contributed by atoms with E-state index in [0.29, 0.717) is 0 Å². The summed E-state index contributed by atoms with van der Waals surface area (Å²) in [6.45, 7) is 9.18. The van der Waals surface area contributed by atoms with Crippen molar-refractivity contribution in [2.45, 2.75) is 26.4 Å². The van der Waals surface area contributed by atoms with Crippen LogP contribution in [0.3, 0.4) is 0 Å². The van der Waals surface area contributed by atoms with Gasteiger partial charge in [-0.05, 0) is 26.0 Å². The molecule has 6 heteroatoms. The van der Waals surface area contributed by atoms with Crippen LogP contribution in [0.15, 0.2) is 22.8 Å². The molecule has 0 saturated carbocycles. The summed E-state index contributed by atoms with van der Waals surface area (Å²) < 4.78 is 5.40. The van der Waals surface area contributed by atoms with Gasteiger partial charge in [-0.15, -0.1) is 0 Å². The summed E-state index contributed by atoms with van der Waals surface area (Å²) in [5, 5.41) is 7.18. The second kappa shape index (κ2) is 5.76. The van der Waals surface area contributed by atoms with E-state index in [1.165, 1.54) is 0 Å². The van der Waals surface area contributed by atoms with Crippen molar-refractivity contribution < 1.29 is 4.42 Å². The van der Waals surface area contributed by atoms with Crippen LogP contribution in [0.25, 0.3) is 0 Å². The molecule has 0 radical (unpaired) electrons. The lowest BCUT2D eigenvalue weighted by molar-refractivity contribution is 0.0905. The van der Waals surface area contributed by atoms with Crippen LogP contribution in [0.2, 0.25) is 0 Å². The van der Waals surface area contributed by atoms with Crippen LogP contribution in [0.4, 0.5) is 0 Å². The molecule has 1 N–H and O–H groups in total. The Labute approximate surface area is 118 Å². The molecule has 0 amide bonds. The van der Waals surface area contributed by atoms with Crippen LogP contribution >= 0.6 is 0 Å². The van der Waals surface area contributed by atoms with Crippen LogP contribution in [0, 0.1) is 6.92 Å². The van der Waals surface area contributed by atoms with Gasteiger partial charge in [0, 0.05) is 26.2 Å². The van der Waals surface area contributed by atoms with Gasteiger partial charge in [0.15, 0.2) is 5.82 Å². The van der Waals surface area contributed by atoms with Gasteiger partial charge in [-0.3, -0.25) is 14.9 Å². The number of nitrogens with one attached hydrogen (secondary N) is 1. The Hall–Kier alpha value is -1.66. The molecule has 3 rings (SSSR count). The molecule has 0 spiro atoms. The van der Waals surface area contributed by atoms with Gasteiger partial charge < -0.3 is 4.42 Å². The predicted molar refractivity (Wildman–Crippen MR) is 75.1 cm³/mol. The maximum atomic E-state index is 5.40. The molecule has 20 heavy (non-hydrogen) atoms. The lowest BCUT2D eigenvalue weighted by Gasteiger charge is -2.36. The molecule has 0 bridgehead atoms. The first kappa shape index (κ1) is 13.3. The van der Waals surface area contributed by atoms with E-state index >= 15 is 0 Å². The third-order valence-corrected chi connectivity index (χ3v) is 3.90. The number of hydrogen-bond acceptors (Lipinski definition) is 5. The summed E-state index contributed by atoms with van der Waals surface area (Å²) in [4.78, 5) is 9.28. The second-order valence-corrected chi connectivity index (χ2v) is 5.35. The minimum atomic E-state index is 0.269. The number of rotatable bonds is 4. The number of aromatic nitrogens is 3. The first-order chi connectivity index (χ1) is 9.72. The van der Waals surface area contributed by atoms with Crippen LogP contribution in [0.1, 0.15) is 30.4 Å². The standard InChI is InChI=1S/C14H21N5O/c1-11(14-15-12(2)16-17-14)19-7-5-18(6-8-19)10-13-4-3-9-20-13/h3-4,9,11H,5-8,10H2,1-2H3,(H,15,16,17). The molecule has 6 nitrogen and oxygen atoms in total. The third kappa shape index (κ3) is 2.91. The Kier molecular flexibility index (Phi) is 3.84. The van der Waals surface area contributed by atoms with Crippen molar-refractivity contribution in [3.05, 3.63) is 35.8 Å². The Bertz CT molecular complexity index is 528. The van der Waals surface area contributed by atoms with Crippen molar-refractivity contribution in [2.24, 2.45) is 0 Å². The summed E-state index contributed by atoms with van der Waals surface area (Å²) in [6, 6.07) is 4.25. The lowest BCUT2D eigenvalue weighted by Crippen LogP contribution is -2.46. The number of aryl methyl sites for hydroxylation is 1. The minimum absolute atomic E-state index is 0.269. The zero-order valence-corrected chi connectivity index (χ0v) is 12.0. The Morgan fingerprint density at radius 3 is 2.75 bits per heavy atom. The van der Waals surface area contributed by atoms with Crippen molar-refractivity contribution in [2.75, 3.05) is 26.2 Å². The topological polar surface area (TPSA) is 61.2 Å². The second-order valence-electron chi connectivity index (χ2n) is 5.35. The minimum Gasteiger partial charge on any atom is -0.468 e. The number of hydrogen-bond donors (Lipinski definition) is 1. The molecule has 1 saturated heterocycles. The summed E-state index contributed by atoms with van der Waals surface area (Å²) in [5.41, 5.74) is 0. The van der Waals surface area contributed by atoms with Gasteiger partial charge in [-0.25, -0.2) is 4.98 Å². The van der Waals surface area contributed by atoms with Gasteiger partial charge >= 0.3 is 0 Å². The highest BCUT2D eigenvalue weighted by Gasteiger charge is 2.24. The van der Waals surface area contributed by atoms with Crippen molar-refractivity contribution in [1.82, 2.24) is 25.0 Å². The van der Waals surface area contributed by atoms with Crippen LogP contribution in [-0.4, -0.2) is 51.2 Å². The number of piperazine rings is 1. The SMILES string of the molecule is Cc1nc(C(C)N2CCN(Cc3ccco3)CC2)n[nH]1. The summed E-state index contributed by atoms with van der Waals surface area (Å²) in [5.74, 6) is 2.81. The van der Waals surface area contributed by atoms with Gasteiger partial charge in [-0.2, -0.15) is 5.10 Å². The van der Waals surface area contributed by atoms with E-state index in [-0.39, 0.29) is 6.04 Å². The number of H-pyrrole nitrogens is 1. The smallest absolute Gasteiger partial charge is 0.167 e. The highest BCUT2D eigenvalue weighted by molar-refractivity contribution is 4.99. The summed E-state index contributed by atoms with van der Waals surface area (Å²) in [7, 11) is 0. The summed E-state index contributed by atoms with van der Waals surface area (Å²) >= 11 is 0. The molecule has 1 aliphatic heterocycles. The maximum Gasteiger partial charge on any atom is 0.167 e. The highest BCUT2D eigenvalue weighted by Crippen LogP contribution is 2.19. The summed E-state index contributed by atoms with van der Waals surface area (Å²) in [6.07, 6.45) is 1.74. The van der Waals surface area contributed by atoms with E-state index in [2.05, 4.69) is 31.9 Å². The zero-order chi connectivity index (χ0) is 13.9. The van der Waals surface area contributed by atoms with Gasteiger partial charge in [-0.1, -0.05) is 0 Å². The van der Waals surface area contributed by atoms with E-state index in [4.69, 9.17) is 4.42 Å². The van der Waals surface area contributed by atoms with Crippen molar-refractivity contribution >= 4 is 0 Å². The van der Waals surface area contributed by atoms with Crippen molar-refractivity contribution in [1.29, 1.82) is 0 Å². The predicted octanol–water partition coefficient (Wildman–Crippen LogP) is 1.58. The zero-order valence-electron chi connectivity index (χ0n) is 12.0. The van der Waals surface area contributed by atoms with E-state index < -0.39 is 0 Å². The first-order valence-corrected chi connectivity index (χ1v) is 7.10. The Balaban J connectivity index is 1.53. The average Bonchev–Trinajstić information content (AvgIpc) is 3.10. The van der Waals surface area contributed by atoms with Crippen LogP contribution < -0.4 is 0 Å². The lowest BCUT2D eigenvalue weighted by atomic mass is 10.2. The largest absolute Gasteiger partial charge is 0.468 e. The molecule has 1 unspecified atom stereocenters. The van der Waals surface area contributed by atoms with Gasteiger partial charge in [0.25, 0.3) is 0 Å². The quantitative estimate of drug-likeness (QED) is 0.918. The van der Waals surface area contributed by atoms with E-state index in [1.807, 2.05) is 19.1 Å². The molecular weight excluding hydrogens is 254 g/mol. The number of aromatic amines is 1. The van der Waals surface area contributed by atoms with E-state index in [9.17, 15) is 0 Å². The van der Waals surface area contributed by atoms with E-state index in [0.717, 1.165) is 50.1 Å². The van der Waals surface area contributed by atoms with Crippen LogP contribution in [0.5, 0.6) is 0 Å². The molecular formula is C14H21N5O. The third-order valence-electron chi connectivity index (χ3n) is 3.90.